The standard InChI is InChI=1S/C16H29N3O.HI/c1-3-20-14-11-13(16(14)8-4-9-16)19-15(17-2)18-10-7-12-5-6-12;/h12-14H,3-11H2,1-2H3,(H2,17,18,19);1H. The lowest BCUT2D eigenvalue weighted by atomic mass is 9.51. The third-order valence-corrected chi connectivity index (χ3v) is 5.51. The van der Waals surface area contributed by atoms with Crippen molar-refractivity contribution < 1.29 is 4.74 Å². The molecule has 122 valence electrons. The second-order valence-corrected chi connectivity index (χ2v) is 6.69. The van der Waals surface area contributed by atoms with Gasteiger partial charge in [-0.2, -0.15) is 0 Å². The number of rotatable bonds is 6. The zero-order valence-electron chi connectivity index (χ0n) is 13.4. The predicted octanol–water partition coefficient (Wildman–Crippen LogP) is 2.92. The molecule has 0 saturated heterocycles. The summed E-state index contributed by atoms with van der Waals surface area (Å²) in [6.45, 7) is 4.00. The molecule has 3 aliphatic rings. The molecule has 0 aliphatic heterocycles. The van der Waals surface area contributed by atoms with Crippen molar-refractivity contribution in [2.24, 2.45) is 16.3 Å². The van der Waals surface area contributed by atoms with E-state index in [-0.39, 0.29) is 24.0 Å². The van der Waals surface area contributed by atoms with Crippen LogP contribution in [0.3, 0.4) is 0 Å². The van der Waals surface area contributed by atoms with Crippen LogP contribution in [0.5, 0.6) is 0 Å². The highest BCUT2D eigenvalue weighted by Gasteiger charge is 2.59. The van der Waals surface area contributed by atoms with Crippen molar-refractivity contribution in [3.63, 3.8) is 0 Å². The Hall–Kier alpha value is -0.0400. The van der Waals surface area contributed by atoms with Gasteiger partial charge in [0.1, 0.15) is 0 Å². The van der Waals surface area contributed by atoms with Gasteiger partial charge in [0.05, 0.1) is 6.10 Å². The molecular weight excluding hydrogens is 377 g/mol. The van der Waals surface area contributed by atoms with Gasteiger partial charge in [0, 0.05) is 31.7 Å². The summed E-state index contributed by atoms with van der Waals surface area (Å²) in [5.41, 5.74) is 0.407. The maximum absolute atomic E-state index is 5.90. The minimum atomic E-state index is 0. The number of hydrogen-bond acceptors (Lipinski definition) is 2. The van der Waals surface area contributed by atoms with Crippen LogP contribution in [0.25, 0.3) is 0 Å². The van der Waals surface area contributed by atoms with E-state index in [2.05, 4.69) is 22.5 Å². The Labute approximate surface area is 145 Å². The van der Waals surface area contributed by atoms with Crippen molar-refractivity contribution in [1.82, 2.24) is 10.6 Å². The van der Waals surface area contributed by atoms with Crippen molar-refractivity contribution >= 4 is 29.9 Å². The molecule has 21 heavy (non-hydrogen) atoms. The molecule has 0 aromatic carbocycles. The number of halogens is 1. The molecule has 5 heteroatoms. The van der Waals surface area contributed by atoms with Gasteiger partial charge in [0.25, 0.3) is 0 Å². The largest absolute Gasteiger partial charge is 0.378 e. The van der Waals surface area contributed by atoms with Crippen molar-refractivity contribution in [2.75, 3.05) is 20.2 Å². The smallest absolute Gasteiger partial charge is 0.191 e. The van der Waals surface area contributed by atoms with Gasteiger partial charge >= 0.3 is 0 Å². The van der Waals surface area contributed by atoms with E-state index >= 15 is 0 Å². The van der Waals surface area contributed by atoms with Crippen LogP contribution < -0.4 is 10.6 Å². The fourth-order valence-corrected chi connectivity index (χ4v) is 3.80. The lowest BCUT2D eigenvalue weighted by molar-refractivity contribution is -0.168. The van der Waals surface area contributed by atoms with Crippen LogP contribution >= 0.6 is 24.0 Å². The van der Waals surface area contributed by atoms with Gasteiger partial charge in [0.15, 0.2) is 5.96 Å². The molecule has 3 saturated carbocycles. The minimum absolute atomic E-state index is 0. The lowest BCUT2D eigenvalue weighted by Crippen LogP contribution is -2.68. The number of hydrogen-bond donors (Lipinski definition) is 2. The number of aliphatic imine (C=N–C) groups is 1. The van der Waals surface area contributed by atoms with Gasteiger partial charge in [-0.25, -0.2) is 0 Å². The summed E-state index contributed by atoms with van der Waals surface area (Å²) in [4.78, 5) is 4.38. The number of nitrogens with one attached hydrogen (secondary N) is 2. The summed E-state index contributed by atoms with van der Waals surface area (Å²) in [6.07, 6.45) is 9.74. The topological polar surface area (TPSA) is 45.6 Å². The molecule has 3 fully saturated rings. The molecule has 0 bridgehead atoms. The van der Waals surface area contributed by atoms with Gasteiger partial charge in [-0.05, 0) is 38.5 Å². The Balaban J connectivity index is 0.00000161. The first-order chi connectivity index (χ1) is 9.78. The van der Waals surface area contributed by atoms with E-state index in [4.69, 9.17) is 4.74 Å². The molecule has 3 rings (SSSR count). The average Bonchev–Trinajstić information content (AvgIpc) is 3.17. The Kier molecular flexibility index (Phi) is 6.17. The second-order valence-electron chi connectivity index (χ2n) is 6.69. The Morgan fingerprint density at radius 1 is 1.33 bits per heavy atom. The first-order valence-corrected chi connectivity index (χ1v) is 8.37. The van der Waals surface area contributed by atoms with E-state index in [0.717, 1.165) is 31.4 Å². The summed E-state index contributed by atoms with van der Waals surface area (Å²) < 4.78 is 5.90. The van der Waals surface area contributed by atoms with E-state index < -0.39 is 0 Å². The molecule has 4 nitrogen and oxygen atoms in total. The van der Waals surface area contributed by atoms with Crippen LogP contribution in [-0.4, -0.2) is 38.3 Å². The van der Waals surface area contributed by atoms with Crippen molar-refractivity contribution in [3.8, 4) is 0 Å². The molecule has 1 spiro atoms. The summed E-state index contributed by atoms with van der Waals surface area (Å²) in [6, 6.07) is 0.555. The van der Waals surface area contributed by atoms with Gasteiger partial charge < -0.3 is 15.4 Å². The Morgan fingerprint density at radius 2 is 2.10 bits per heavy atom. The van der Waals surface area contributed by atoms with Crippen molar-refractivity contribution in [3.05, 3.63) is 0 Å². The molecule has 0 aromatic rings. The van der Waals surface area contributed by atoms with E-state index in [0.29, 0.717) is 17.6 Å². The van der Waals surface area contributed by atoms with Gasteiger partial charge in [-0.1, -0.05) is 19.3 Å². The summed E-state index contributed by atoms with van der Waals surface area (Å²) in [7, 11) is 1.87. The normalized spacial score (nSPS) is 30.1. The van der Waals surface area contributed by atoms with Crippen molar-refractivity contribution in [1.29, 1.82) is 0 Å². The van der Waals surface area contributed by atoms with Crippen LogP contribution in [-0.2, 0) is 4.74 Å². The highest BCUT2D eigenvalue weighted by molar-refractivity contribution is 14.0. The number of guanidine groups is 1. The summed E-state index contributed by atoms with van der Waals surface area (Å²) in [5, 5.41) is 7.11. The van der Waals surface area contributed by atoms with Crippen LogP contribution in [0.4, 0.5) is 0 Å². The SMILES string of the molecule is CCOC1CC(NC(=NC)NCCC2CC2)C12CCC2.I. The molecular formula is C16H30IN3O. The average molecular weight is 407 g/mol. The van der Waals surface area contributed by atoms with Crippen molar-refractivity contribution in [2.45, 2.75) is 64.0 Å². The lowest BCUT2D eigenvalue weighted by Gasteiger charge is -2.61. The van der Waals surface area contributed by atoms with Crippen LogP contribution in [0.1, 0.15) is 51.9 Å². The second kappa shape index (κ2) is 7.49. The first kappa shape index (κ1) is 17.3. The Morgan fingerprint density at radius 3 is 2.62 bits per heavy atom. The highest BCUT2D eigenvalue weighted by atomic mass is 127. The fraction of sp³-hybridized carbons (Fsp3) is 0.938. The maximum Gasteiger partial charge on any atom is 0.191 e. The van der Waals surface area contributed by atoms with Gasteiger partial charge in [0.2, 0.25) is 0 Å². The molecule has 0 aromatic heterocycles. The molecule has 2 atom stereocenters. The zero-order valence-corrected chi connectivity index (χ0v) is 15.7. The zero-order chi connectivity index (χ0) is 14.0. The van der Waals surface area contributed by atoms with Crippen LogP contribution in [0.2, 0.25) is 0 Å². The third-order valence-electron chi connectivity index (χ3n) is 5.51. The molecule has 0 radical (unpaired) electrons. The number of ether oxygens (including phenoxy) is 1. The van der Waals surface area contributed by atoms with Gasteiger partial charge in [-0.3, -0.25) is 4.99 Å². The van der Waals surface area contributed by atoms with Gasteiger partial charge in [-0.15, -0.1) is 24.0 Å². The molecule has 3 aliphatic carbocycles. The van der Waals surface area contributed by atoms with E-state index in [9.17, 15) is 0 Å². The quantitative estimate of drug-likeness (QED) is 0.404. The van der Waals surface area contributed by atoms with E-state index in [1.165, 1.54) is 38.5 Å². The Bertz CT molecular complexity index is 367. The third kappa shape index (κ3) is 3.66. The van der Waals surface area contributed by atoms with Crippen LogP contribution in [0.15, 0.2) is 4.99 Å². The first-order valence-electron chi connectivity index (χ1n) is 8.37. The molecule has 2 N–H and O–H groups in total. The van der Waals surface area contributed by atoms with E-state index in [1.807, 2.05) is 7.05 Å². The summed E-state index contributed by atoms with van der Waals surface area (Å²) >= 11 is 0. The monoisotopic (exact) mass is 407 g/mol. The van der Waals surface area contributed by atoms with E-state index in [1.54, 1.807) is 0 Å². The highest BCUT2D eigenvalue weighted by Crippen LogP contribution is 2.57. The molecule has 0 heterocycles. The maximum atomic E-state index is 5.90. The predicted molar refractivity (Wildman–Crippen MR) is 97.4 cm³/mol. The molecule has 2 unspecified atom stereocenters. The molecule has 0 amide bonds. The van der Waals surface area contributed by atoms with Crippen LogP contribution in [0, 0.1) is 11.3 Å². The minimum Gasteiger partial charge on any atom is -0.378 e. The summed E-state index contributed by atoms with van der Waals surface area (Å²) in [5.74, 6) is 1.96. The number of nitrogens with zero attached hydrogens (tertiary/aromatic N) is 1. The fourth-order valence-electron chi connectivity index (χ4n) is 3.80.